The van der Waals surface area contributed by atoms with Crippen LogP contribution in [0.25, 0.3) is 0 Å². The average Bonchev–Trinajstić information content (AvgIpc) is 2.71. The van der Waals surface area contributed by atoms with Crippen molar-refractivity contribution in [1.29, 1.82) is 0 Å². The highest BCUT2D eigenvalue weighted by atomic mass is 19.1. The largest absolute Gasteiger partial charge is 0.387 e. The highest BCUT2D eigenvalue weighted by molar-refractivity contribution is 5.21. The molecule has 4 nitrogen and oxygen atoms in total. The zero-order valence-electron chi connectivity index (χ0n) is 13.1. The smallest absolute Gasteiger partial charge is 0.131 e. The van der Waals surface area contributed by atoms with Crippen LogP contribution in [0.2, 0.25) is 0 Å². The summed E-state index contributed by atoms with van der Waals surface area (Å²) >= 11 is 0. The molecule has 0 aromatic heterocycles. The van der Waals surface area contributed by atoms with Crippen LogP contribution in [-0.2, 0) is 9.47 Å². The lowest BCUT2D eigenvalue weighted by atomic mass is 9.90. The van der Waals surface area contributed by atoms with Gasteiger partial charge in [0.25, 0.3) is 0 Å². The summed E-state index contributed by atoms with van der Waals surface area (Å²) in [5.74, 6) is -1.34. The van der Waals surface area contributed by atoms with Crippen molar-refractivity contribution in [2.45, 2.75) is 31.0 Å². The van der Waals surface area contributed by atoms with Gasteiger partial charge in [-0.1, -0.05) is 6.07 Å². The van der Waals surface area contributed by atoms with Crippen LogP contribution in [0.1, 0.15) is 30.9 Å². The Morgan fingerprint density at radius 2 is 1.91 bits per heavy atom. The molecule has 2 aliphatic rings. The van der Waals surface area contributed by atoms with E-state index in [2.05, 4.69) is 4.90 Å². The third-order valence-electron chi connectivity index (χ3n) is 4.86. The van der Waals surface area contributed by atoms with Crippen molar-refractivity contribution in [1.82, 2.24) is 4.90 Å². The summed E-state index contributed by atoms with van der Waals surface area (Å²) in [6.07, 6.45) is 1.71. The Hall–Kier alpha value is -1.08. The summed E-state index contributed by atoms with van der Waals surface area (Å²) < 4.78 is 38.2. The molecule has 6 heteroatoms. The number of ether oxygens (including phenoxy) is 2. The minimum Gasteiger partial charge on any atom is -0.387 e. The van der Waals surface area contributed by atoms with E-state index in [1.165, 1.54) is 12.1 Å². The van der Waals surface area contributed by atoms with Crippen molar-refractivity contribution >= 4 is 0 Å². The quantitative estimate of drug-likeness (QED) is 0.925. The van der Waals surface area contributed by atoms with Gasteiger partial charge >= 0.3 is 0 Å². The van der Waals surface area contributed by atoms with E-state index in [0.29, 0.717) is 19.7 Å². The number of nitrogens with zero attached hydrogens (tertiary/aromatic N) is 1. The summed E-state index contributed by atoms with van der Waals surface area (Å²) in [5.41, 5.74) is 0.0244. The maximum Gasteiger partial charge on any atom is 0.131 e. The van der Waals surface area contributed by atoms with Crippen LogP contribution >= 0.6 is 0 Å². The number of rotatable bonds is 3. The summed E-state index contributed by atoms with van der Waals surface area (Å²) in [4.78, 5) is 2.08. The van der Waals surface area contributed by atoms with Gasteiger partial charge in [0.1, 0.15) is 11.6 Å². The van der Waals surface area contributed by atoms with Crippen LogP contribution in [0.4, 0.5) is 8.78 Å². The Bertz CT molecular complexity index is 535. The molecule has 1 spiro atoms. The highest BCUT2D eigenvalue weighted by Gasteiger charge is 2.35. The van der Waals surface area contributed by atoms with Crippen LogP contribution in [0.5, 0.6) is 0 Å². The molecule has 0 aliphatic carbocycles. The zero-order valence-corrected chi connectivity index (χ0v) is 13.1. The molecule has 0 radical (unpaired) electrons. The topological polar surface area (TPSA) is 41.9 Å². The highest BCUT2D eigenvalue weighted by Crippen LogP contribution is 2.31. The molecular weight excluding hydrogens is 304 g/mol. The second kappa shape index (κ2) is 7.21. The van der Waals surface area contributed by atoms with Gasteiger partial charge in [0, 0.05) is 44.5 Å². The normalized spacial score (nSPS) is 23.6. The van der Waals surface area contributed by atoms with Crippen molar-refractivity contribution in [3.05, 3.63) is 35.4 Å². The molecule has 2 aliphatic heterocycles. The van der Waals surface area contributed by atoms with Crippen LogP contribution in [0.3, 0.4) is 0 Å². The third kappa shape index (κ3) is 4.07. The summed E-state index contributed by atoms with van der Waals surface area (Å²) in [6, 6.07) is 3.29. The molecule has 3 rings (SSSR count). The van der Waals surface area contributed by atoms with Crippen molar-refractivity contribution in [3.8, 4) is 0 Å². The monoisotopic (exact) mass is 327 g/mol. The zero-order chi connectivity index (χ0) is 16.3. The van der Waals surface area contributed by atoms with E-state index >= 15 is 0 Å². The molecule has 2 saturated heterocycles. The van der Waals surface area contributed by atoms with E-state index < -0.39 is 17.7 Å². The second-order valence-corrected chi connectivity index (χ2v) is 6.38. The van der Waals surface area contributed by atoms with Gasteiger partial charge in [0.15, 0.2) is 0 Å². The minimum absolute atomic E-state index is 0.112. The summed E-state index contributed by atoms with van der Waals surface area (Å²) in [6.45, 7) is 3.85. The molecule has 128 valence electrons. The van der Waals surface area contributed by atoms with Gasteiger partial charge in [0.2, 0.25) is 0 Å². The molecule has 0 saturated carbocycles. The van der Waals surface area contributed by atoms with E-state index in [9.17, 15) is 13.9 Å². The Labute approximate surface area is 135 Å². The number of benzene rings is 1. The lowest BCUT2D eigenvalue weighted by molar-refractivity contribution is -0.105. The Balaban J connectivity index is 1.59. The van der Waals surface area contributed by atoms with E-state index in [-0.39, 0.29) is 11.2 Å². The van der Waals surface area contributed by atoms with Crippen LogP contribution in [0, 0.1) is 11.6 Å². The van der Waals surface area contributed by atoms with Gasteiger partial charge in [-0.15, -0.1) is 0 Å². The predicted octanol–water partition coefficient (Wildman–Crippen LogP) is 2.27. The number of hydrogen-bond donors (Lipinski definition) is 1. The Morgan fingerprint density at radius 1 is 1.13 bits per heavy atom. The molecule has 0 bridgehead atoms. The summed E-state index contributed by atoms with van der Waals surface area (Å²) in [7, 11) is 0. The average molecular weight is 327 g/mol. The van der Waals surface area contributed by atoms with Gasteiger partial charge in [-0.05, 0) is 25.3 Å². The Kier molecular flexibility index (Phi) is 5.26. The lowest BCUT2D eigenvalue weighted by Crippen LogP contribution is -2.39. The van der Waals surface area contributed by atoms with Crippen LogP contribution < -0.4 is 0 Å². The number of hydrogen-bond acceptors (Lipinski definition) is 4. The number of β-amino-alcohol motifs (C(OH)–C–C–N with tert-alkyl or cyclic N) is 1. The maximum atomic E-state index is 13.8. The first kappa shape index (κ1) is 16.8. The van der Waals surface area contributed by atoms with Gasteiger partial charge < -0.3 is 14.6 Å². The van der Waals surface area contributed by atoms with Crippen molar-refractivity contribution in [3.63, 3.8) is 0 Å². The molecule has 1 atom stereocenters. The predicted molar refractivity (Wildman–Crippen MR) is 81.1 cm³/mol. The third-order valence-corrected chi connectivity index (χ3v) is 4.86. The van der Waals surface area contributed by atoms with Crippen molar-refractivity contribution < 1.29 is 23.4 Å². The standard InChI is InChI=1S/C17H23F2NO3/c18-13-1-2-14(15(19)11-13)16(21)12-20-6-3-17(23-10-7-20)4-8-22-9-5-17/h1-2,11,16,21H,3-10,12H2. The van der Waals surface area contributed by atoms with Gasteiger partial charge in [-0.3, -0.25) is 4.90 Å². The first-order valence-corrected chi connectivity index (χ1v) is 8.15. The summed E-state index contributed by atoms with van der Waals surface area (Å²) in [5, 5.41) is 10.3. The van der Waals surface area contributed by atoms with E-state index in [1.807, 2.05) is 0 Å². The molecule has 2 heterocycles. The molecule has 1 aromatic carbocycles. The number of aliphatic hydroxyl groups excluding tert-OH is 1. The van der Waals surface area contributed by atoms with Gasteiger partial charge in [-0.25, -0.2) is 8.78 Å². The molecule has 2 fully saturated rings. The number of aliphatic hydroxyl groups is 1. The second-order valence-electron chi connectivity index (χ2n) is 6.38. The first-order valence-electron chi connectivity index (χ1n) is 8.15. The molecule has 1 unspecified atom stereocenters. The van der Waals surface area contributed by atoms with Gasteiger partial charge in [0.05, 0.1) is 18.3 Å². The maximum absolute atomic E-state index is 13.8. The molecule has 0 amide bonds. The molecule has 1 aromatic rings. The fourth-order valence-electron chi connectivity index (χ4n) is 3.37. The van der Waals surface area contributed by atoms with E-state index in [4.69, 9.17) is 9.47 Å². The fourth-order valence-corrected chi connectivity index (χ4v) is 3.37. The molecule has 23 heavy (non-hydrogen) atoms. The minimum atomic E-state index is -0.973. The van der Waals surface area contributed by atoms with Crippen molar-refractivity contribution in [2.24, 2.45) is 0 Å². The van der Waals surface area contributed by atoms with E-state index in [0.717, 1.165) is 45.1 Å². The fraction of sp³-hybridized carbons (Fsp3) is 0.647. The van der Waals surface area contributed by atoms with Crippen LogP contribution in [-0.4, -0.2) is 55.1 Å². The SMILES string of the molecule is OC(CN1CCOC2(CCOCC2)CC1)c1ccc(F)cc1F. The molecule has 1 N–H and O–H groups in total. The molecular formula is C17H23F2NO3. The Morgan fingerprint density at radius 3 is 2.65 bits per heavy atom. The van der Waals surface area contributed by atoms with Crippen molar-refractivity contribution in [2.75, 3.05) is 39.5 Å². The lowest BCUT2D eigenvalue weighted by Gasteiger charge is -2.36. The first-order chi connectivity index (χ1) is 11.1. The number of halogens is 2. The van der Waals surface area contributed by atoms with Gasteiger partial charge in [-0.2, -0.15) is 0 Å². The van der Waals surface area contributed by atoms with Crippen LogP contribution in [0.15, 0.2) is 18.2 Å². The van der Waals surface area contributed by atoms with E-state index in [1.54, 1.807) is 0 Å².